The van der Waals surface area contributed by atoms with Gasteiger partial charge in [-0.2, -0.15) is 5.10 Å². The second-order valence-corrected chi connectivity index (χ2v) is 8.70. The van der Waals surface area contributed by atoms with Crippen molar-refractivity contribution in [3.63, 3.8) is 0 Å². The summed E-state index contributed by atoms with van der Waals surface area (Å²) in [5.74, 6) is 0.972. The molecule has 0 unspecified atom stereocenters. The molecule has 0 saturated carbocycles. The fraction of sp³-hybridized carbons (Fsp3) is 0.500. The first kappa shape index (κ1) is 16.5. The summed E-state index contributed by atoms with van der Waals surface area (Å²) >= 11 is 1.67. The zero-order valence-electron chi connectivity index (χ0n) is 15.2. The summed E-state index contributed by atoms with van der Waals surface area (Å²) in [6.45, 7) is 9.33. The molecular weight excluding hydrogens is 332 g/mol. The van der Waals surface area contributed by atoms with E-state index in [1.807, 2.05) is 0 Å². The predicted molar refractivity (Wildman–Crippen MR) is 101 cm³/mol. The lowest BCUT2D eigenvalue weighted by molar-refractivity contribution is 0.195. The highest BCUT2D eigenvalue weighted by Gasteiger charge is 2.31. The average Bonchev–Trinajstić information content (AvgIpc) is 3.06. The second-order valence-electron chi connectivity index (χ2n) is 7.83. The van der Waals surface area contributed by atoms with E-state index in [1.54, 1.807) is 11.3 Å². The maximum atomic E-state index is 4.67. The number of likely N-dealkylation sites (N-methyl/N-ethyl adjacent to an activating group) is 1. The van der Waals surface area contributed by atoms with Crippen LogP contribution in [0.15, 0.2) is 29.9 Å². The van der Waals surface area contributed by atoms with E-state index in [-0.39, 0.29) is 5.41 Å². The third-order valence-corrected chi connectivity index (χ3v) is 5.55. The van der Waals surface area contributed by atoms with Crippen molar-refractivity contribution in [2.24, 2.45) is 0 Å². The Hall–Kier alpha value is -1.99. The van der Waals surface area contributed by atoms with Gasteiger partial charge in [-0.1, -0.05) is 20.8 Å². The quantitative estimate of drug-likeness (QED) is 0.719. The molecule has 3 aromatic heterocycles. The predicted octanol–water partition coefficient (Wildman–Crippen LogP) is 2.80. The Balaban J connectivity index is 1.34. The van der Waals surface area contributed by atoms with Crippen molar-refractivity contribution < 1.29 is 0 Å². The number of rotatable bonds is 4. The Morgan fingerprint density at radius 2 is 2.04 bits per heavy atom. The van der Waals surface area contributed by atoms with Crippen molar-refractivity contribution in [1.29, 1.82) is 0 Å². The molecule has 25 heavy (non-hydrogen) atoms. The highest BCUT2D eigenvalue weighted by molar-refractivity contribution is 7.15. The number of nitrogens with zero attached hydrogens (tertiary/aromatic N) is 6. The second kappa shape index (κ2) is 6.07. The summed E-state index contributed by atoms with van der Waals surface area (Å²) in [5.41, 5.74) is 2.20. The third kappa shape index (κ3) is 3.26. The number of anilines is 1. The SMILES string of the molecule is CN(Cc1cn2ccsc2n1)C1CN(c2ccc(C(C)(C)C)nn2)C1. The van der Waals surface area contributed by atoms with Crippen molar-refractivity contribution in [3.05, 3.63) is 41.3 Å². The largest absolute Gasteiger partial charge is 0.352 e. The molecule has 0 bridgehead atoms. The number of hydrogen-bond donors (Lipinski definition) is 0. The molecular formula is C18H24N6S. The Labute approximate surface area is 152 Å². The van der Waals surface area contributed by atoms with Crippen LogP contribution in [0.3, 0.4) is 0 Å². The number of aromatic nitrogens is 4. The van der Waals surface area contributed by atoms with Gasteiger partial charge in [-0.3, -0.25) is 9.30 Å². The first-order valence-corrected chi connectivity index (χ1v) is 9.48. The van der Waals surface area contributed by atoms with Gasteiger partial charge in [0.15, 0.2) is 10.8 Å². The van der Waals surface area contributed by atoms with E-state index in [0.717, 1.165) is 41.8 Å². The van der Waals surface area contributed by atoms with Crippen molar-refractivity contribution in [2.45, 2.75) is 38.8 Å². The summed E-state index contributed by atoms with van der Waals surface area (Å²) in [6, 6.07) is 4.72. The number of thiazole rings is 1. The van der Waals surface area contributed by atoms with Crippen molar-refractivity contribution >= 4 is 22.1 Å². The van der Waals surface area contributed by atoms with E-state index in [4.69, 9.17) is 0 Å². The van der Waals surface area contributed by atoms with Crippen molar-refractivity contribution in [2.75, 3.05) is 25.0 Å². The molecule has 0 spiro atoms. The molecule has 0 atom stereocenters. The van der Waals surface area contributed by atoms with E-state index in [0.29, 0.717) is 6.04 Å². The van der Waals surface area contributed by atoms with Gasteiger partial charge in [0.2, 0.25) is 0 Å². The molecule has 1 fully saturated rings. The lowest BCUT2D eigenvalue weighted by atomic mass is 9.92. The Kier molecular flexibility index (Phi) is 4.00. The average molecular weight is 356 g/mol. The van der Waals surface area contributed by atoms with E-state index in [1.165, 1.54) is 0 Å². The van der Waals surface area contributed by atoms with Gasteiger partial charge < -0.3 is 4.90 Å². The fourth-order valence-corrected chi connectivity index (χ4v) is 3.77. The molecule has 7 heteroatoms. The van der Waals surface area contributed by atoms with Gasteiger partial charge in [-0.25, -0.2) is 4.98 Å². The summed E-state index contributed by atoms with van der Waals surface area (Å²) in [7, 11) is 2.17. The molecule has 3 aromatic rings. The molecule has 1 aliphatic rings. The van der Waals surface area contributed by atoms with Gasteiger partial charge in [0, 0.05) is 48.9 Å². The van der Waals surface area contributed by atoms with Crippen LogP contribution < -0.4 is 4.90 Å². The van der Waals surface area contributed by atoms with Crippen LogP contribution in [0.1, 0.15) is 32.2 Å². The van der Waals surface area contributed by atoms with Crippen LogP contribution in [0.25, 0.3) is 4.96 Å². The molecule has 0 amide bonds. The molecule has 4 heterocycles. The number of hydrogen-bond acceptors (Lipinski definition) is 6. The maximum Gasteiger partial charge on any atom is 0.193 e. The van der Waals surface area contributed by atoms with Crippen molar-refractivity contribution in [3.8, 4) is 0 Å². The van der Waals surface area contributed by atoms with E-state index in [2.05, 4.69) is 87.1 Å². The number of fused-ring (bicyclic) bond motifs is 1. The lowest BCUT2D eigenvalue weighted by Crippen LogP contribution is -2.58. The van der Waals surface area contributed by atoms with E-state index < -0.39 is 0 Å². The molecule has 1 saturated heterocycles. The molecule has 1 aliphatic heterocycles. The zero-order valence-corrected chi connectivity index (χ0v) is 16.0. The maximum absolute atomic E-state index is 4.67. The first-order valence-electron chi connectivity index (χ1n) is 8.60. The monoisotopic (exact) mass is 356 g/mol. The van der Waals surface area contributed by atoms with Gasteiger partial charge >= 0.3 is 0 Å². The molecule has 6 nitrogen and oxygen atoms in total. The van der Waals surface area contributed by atoms with Crippen LogP contribution in [0.2, 0.25) is 0 Å². The minimum Gasteiger partial charge on any atom is -0.352 e. The normalized spacial score (nSPS) is 16.0. The topological polar surface area (TPSA) is 49.6 Å². The highest BCUT2D eigenvalue weighted by Crippen LogP contribution is 2.25. The van der Waals surface area contributed by atoms with Gasteiger partial charge in [-0.05, 0) is 19.2 Å². The third-order valence-electron chi connectivity index (χ3n) is 4.78. The van der Waals surface area contributed by atoms with Gasteiger partial charge in [0.25, 0.3) is 0 Å². The van der Waals surface area contributed by atoms with Crippen LogP contribution in [-0.4, -0.2) is 50.7 Å². The number of imidazole rings is 1. The van der Waals surface area contributed by atoms with Crippen LogP contribution in [-0.2, 0) is 12.0 Å². The smallest absolute Gasteiger partial charge is 0.193 e. The minimum atomic E-state index is 0.0432. The molecule has 132 valence electrons. The van der Waals surface area contributed by atoms with E-state index in [9.17, 15) is 0 Å². The van der Waals surface area contributed by atoms with E-state index >= 15 is 0 Å². The molecule has 0 radical (unpaired) electrons. The van der Waals surface area contributed by atoms with Gasteiger partial charge in [0.05, 0.1) is 11.4 Å². The van der Waals surface area contributed by atoms with Gasteiger partial charge in [0.1, 0.15) is 0 Å². The zero-order chi connectivity index (χ0) is 17.6. The Bertz CT molecular complexity index is 825. The Morgan fingerprint density at radius 1 is 1.24 bits per heavy atom. The van der Waals surface area contributed by atoms with Crippen LogP contribution in [0, 0.1) is 0 Å². The first-order chi connectivity index (χ1) is 11.9. The van der Waals surface area contributed by atoms with Crippen LogP contribution >= 0.6 is 11.3 Å². The van der Waals surface area contributed by atoms with Crippen LogP contribution in [0.4, 0.5) is 5.82 Å². The summed E-state index contributed by atoms with van der Waals surface area (Å²) in [4.78, 5) is 10.4. The van der Waals surface area contributed by atoms with Crippen LogP contribution in [0.5, 0.6) is 0 Å². The highest BCUT2D eigenvalue weighted by atomic mass is 32.1. The fourth-order valence-electron chi connectivity index (χ4n) is 3.05. The molecule has 0 aromatic carbocycles. The Morgan fingerprint density at radius 3 is 2.68 bits per heavy atom. The summed E-state index contributed by atoms with van der Waals surface area (Å²) < 4.78 is 2.09. The molecule has 4 rings (SSSR count). The summed E-state index contributed by atoms with van der Waals surface area (Å²) in [5, 5.41) is 10.9. The molecule has 0 N–H and O–H groups in total. The lowest BCUT2D eigenvalue weighted by Gasteiger charge is -2.44. The standard InChI is InChI=1S/C18H24N6S/c1-18(2,3)15-5-6-16(21-20-15)24-11-14(12-24)22(4)9-13-10-23-7-8-25-17(23)19-13/h5-8,10,14H,9,11-12H2,1-4H3. The summed E-state index contributed by atoms with van der Waals surface area (Å²) in [6.07, 6.45) is 4.18. The minimum absolute atomic E-state index is 0.0432. The van der Waals surface area contributed by atoms with Gasteiger partial charge in [-0.15, -0.1) is 16.4 Å². The van der Waals surface area contributed by atoms with Crippen molar-refractivity contribution in [1.82, 2.24) is 24.5 Å². The molecule has 0 aliphatic carbocycles.